The largest absolute Gasteiger partial charge is 0.508 e. The van der Waals surface area contributed by atoms with Crippen LogP contribution in [-0.2, 0) is 4.79 Å². The lowest BCUT2D eigenvalue weighted by Gasteiger charge is -2.47. The van der Waals surface area contributed by atoms with Gasteiger partial charge in [0.05, 0.1) is 17.7 Å². The summed E-state index contributed by atoms with van der Waals surface area (Å²) in [6.07, 6.45) is 2.23. The third-order valence-electron chi connectivity index (χ3n) is 6.41. The number of benzene rings is 3. The van der Waals surface area contributed by atoms with Crippen LogP contribution in [0.4, 0.5) is 10.1 Å². The number of hydrogen-bond donors (Lipinski definition) is 3. The Bertz CT molecular complexity index is 1520. The molecule has 0 bridgehead atoms. The van der Waals surface area contributed by atoms with Crippen LogP contribution in [-0.4, -0.2) is 37.2 Å². The van der Waals surface area contributed by atoms with Gasteiger partial charge in [0, 0.05) is 41.0 Å². The van der Waals surface area contributed by atoms with Crippen LogP contribution in [0.15, 0.2) is 85.2 Å². The highest BCUT2D eigenvalue weighted by molar-refractivity contribution is 8.00. The van der Waals surface area contributed by atoms with Crippen LogP contribution in [0.2, 0.25) is 0 Å². The number of aromatic nitrogens is 1. The maximum Gasteiger partial charge on any atom is 0.243 e. The first kappa shape index (κ1) is 25.3. The minimum atomic E-state index is -0.909. The summed E-state index contributed by atoms with van der Waals surface area (Å²) < 4.78 is 13.2. The van der Waals surface area contributed by atoms with Crippen LogP contribution in [0.5, 0.6) is 11.5 Å². The SMILES string of the molecule is N#Cc1cncc(-c2ccc(N3C(=O)[C@H](SC[C@@H](O)c4ccc(F)cc4)[C@H]3c3ccc(O)cc3O)cc2)c1. The maximum absolute atomic E-state index is 13.4. The molecule has 3 aromatic carbocycles. The van der Waals surface area contributed by atoms with E-state index in [0.717, 1.165) is 11.1 Å². The Morgan fingerprint density at radius 1 is 1.00 bits per heavy atom. The average molecular weight is 528 g/mol. The number of nitriles is 1. The number of phenolic OH excluding ortho intramolecular Hbond substituents is 2. The molecule has 2 heterocycles. The van der Waals surface area contributed by atoms with E-state index >= 15 is 0 Å². The first-order chi connectivity index (χ1) is 18.4. The van der Waals surface area contributed by atoms with E-state index in [9.17, 15) is 24.5 Å². The second kappa shape index (κ2) is 10.5. The van der Waals surface area contributed by atoms with Gasteiger partial charge in [-0.2, -0.15) is 5.26 Å². The molecule has 0 unspecified atom stereocenters. The van der Waals surface area contributed by atoms with Gasteiger partial charge in [0.2, 0.25) is 5.91 Å². The quantitative estimate of drug-likeness (QED) is 0.287. The number of anilines is 1. The summed E-state index contributed by atoms with van der Waals surface area (Å²) in [4.78, 5) is 19.0. The van der Waals surface area contributed by atoms with Crippen molar-refractivity contribution >= 4 is 23.4 Å². The summed E-state index contributed by atoms with van der Waals surface area (Å²) in [7, 11) is 0. The molecule has 0 radical (unpaired) electrons. The van der Waals surface area contributed by atoms with Crippen molar-refractivity contribution in [2.75, 3.05) is 10.7 Å². The van der Waals surface area contributed by atoms with Crippen molar-refractivity contribution in [2.24, 2.45) is 0 Å². The van der Waals surface area contributed by atoms with Gasteiger partial charge in [0.25, 0.3) is 0 Å². The zero-order valence-corrected chi connectivity index (χ0v) is 20.7. The number of aliphatic hydroxyl groups excluding tert-OH is 1. The highest BCUT2D eigenvalue weighted by atomic mass is 32.2. The summed E-state index contributed by atoms with van der Waals surface area (Å²) in [6.45, 7) is 0. The normalized spacial score (nSPS) is 17.5. The van der Waals surface area contributed by atoms with Gasteiger partial charge >= 0.3 is 0 Å². The minimum Gasteiger partial charge on any atom is -0.508 e. The molecular weight excluding hydrogens is 505 g/mol. The minimum absolute atomic E-state index is 0.100. The highest BCUT2D eigenvalue weighted by Gasteiger charge is 2.50. The van der Waals surface area contributed by atoms with Crippen LogP contribution in [0.3, 0.4) is 0 Å². The lowest BCUT2D eigenvalue weighted by molar-refractivity contribution is -0.123. The molecule has 5 rings (SSSR count). The molecule has 1 aliphatic rings. The summed E-state index contributed by atoms with van der Waals surface area (Å²) >= 11 is 1.25. The second-order valence-corrected chi connectivity index (χ2v) is 10.0. The zero-order valence-electron chi connectivity index (χ0n) is 19.9. The van der Waals surface area contributed by atoms with E-state index < -0.39 is 23.2 Å². The van der Waals surface area contributed by atoms with E-state index in [2.05, 4.69) is 11.1 Å². The number of aromatic hydroxyl groups is 2. The molecule has 1 aliphatic heterocycles. The van der Waals surface area contributed by atoms with Gasteiger partial charge in [-0.3, -0.25) is 9.78 Å². The molecule has 0 saturated carbocycles. The van der Waals surface area contributed by atoms with Crippen molar-refractivity contribution in [2.45, 2.75) is 17.4 Å². The number of amides is 1. The van der Waals surface area contributed by atoms with E-state index in [1.807, 2.05) is 12.1 Å². The fourth-order valence-corrected chi connectivity index (χ4v) is 5.74. The van der Waals surface area contributed by atoms with Crippen LogP contribution < -0.4 is 4.90 Å². The summed E-state index contributed by atoms with van der Waals surface area (Å²) in [6, 6.07) is 20.3. The number of aliphatic hydroxyl groups is 1. The smallest absolute Gasteiger partial charge is 0.243 e. The molecule has 1 fully saturated rings. The Balaban J connectivity index is 1.41. The van der Waals surface area contributed by atoms with Crippen molar-refractivity contribution in [3.8, 4) is 28.7 Å². The Morgan fingerprint density at radius 2 is 1.74 bits per heavy atom. The summed E-state index contributed by atoms with van der Waals surface area (Å²) in [5.74, 6) is -0.655. The van der Waals surface area contributed by atoms with Crippen LogP contribution in [0, 0.1) is 17.1 Å². The predicted octanol–water partition coefficient (Wildman–Crippen LogP) is 5.09. The number of phenols is 2. The summed E-state index contributed by atoms with van der Waals surface area (Å²) in [5, 5.41) is 39.5. The Morgan fingerprint density at radius 3 is 2.42 bits per heavy atom. The maximum atomic E-state index is 13.4. The van der Waals surface area contributed by atoms with Crippen LogP contribution >= 0.6 is 11.8 Å². The van der Waals surface area contributed by atoms with Crippen molar-refractivity contribution < 1.29 is 24.5 Å². The number of thioether (sulfide) groups is 1. The molecule has 1 saturated heterocycles. The second-order valence-electron chi connectivity index (χ2n) is 8.84. The number of hydrogen-bond acceptors (Lipinski definition) is 7. The number of β-lactam (4-membered cyclic amide) rings is 1. The van der Waals surface area contributed by atoms with Gasteiger partial charge in [-0.1, -0.05) is 24.3 Å². The molecule has 1 amide bonds. The fraction of sp³-hybridized carbons (Fsp3) is 0.138. The fourth-order valence-electron chi connectivity index (χ4n) is 4.45. The number of rotatable bonds is 7. The van der Waals surface area contributed by atoms with Gasteiger partial charge < -0.3 is 20.2 Å². The molecule has 0 spiro atoms. The predicted molar refractivity (Wildman–Crippen MR) is 142 cm³/mol. The average Bonchev–Trinajstić information content (AvgIpc) is 2.93. The molecule has 190 valence electrons. The van der Waals surface area contributed by atoms with Gasteiger partial charge in [0.1, 0.15) is 28.6 Å². The number of halogens is 1. The zero-order chi connectivity index (χ0) is 26.8. The molecular formula is C29H22FN3O4S. The first-order valence-electron chi connectivity index (χ1n) is 11.7. The highest BCUT2D eigenvalue weighted by Crippen LogP contribution is 2.48. The molecule has 4 aromatic rings. The molecule has 3 atom stereocenters. The molecule has 1 aromatic heterocycles. The Labute approximate surface area is 222 Å². The van der Waals surface area contributed by atoms with E-state index in [1.54, 1.807) is 35.4 Å². The van der Waals surface area contributed by atoms with Gasteiger partial charge in [-0.15, -0.1) is 11.8 Å². The number of nitrogens with zero attached hydrogens (tertiary/aromatic N) is 3. The molecule has 3 N–H and O–H groups in total. The van der Waals surface area contributed by atoms with Crippen molar-refractivity contribution in [1.29, 1.82) is 5.26 Å². The number of carbonyl (C=O) groups excluding carboxylic acids is 1. The van der Waals surface area contributed by atoms with Gasteiger partial charge in [0.15, 0.2) is 0 Å². The van der Waals surface area contributed by atoms with Gasteiger partial charge in [-0.25, -0.2) is 4.39 Å². The summed E-state index contributed by atoms with van der Waals surface area (Å²) in [5.41, 5.74) is 3.64. The number of carbonyl (C=O) groups is 1. The third kappa shape index (κ3) is 4.92. The van der Waals surface area contributed by atoms with Gasteiger partial charge in [-0.05, 0) is 53.6 Å². The Kier molecular flexibility index (Phi) is 7.01. The first-order valence-corrected chi connectivity index (χ1v) is 12.8. The monoisotopic (exact) mass is 527 g/mol. The molecule has 38 heavy (non-hydrogen) atoms. The van der Waals surface area contributed by atoms with E-state index in [4.69, 9.17) is 5.26 Å². The van der Waals surface area contributed by atoms with Crippen LogP contribution in [0.25, 0.3) is 11.1 Å². The van der Waals surface area contributed by atoms with E-state index in [0.29, 0.717) is 22.4 Å². The molecule has 0 aliphatic carbocycles. The third-order valence-corrected chi connectivity index (χ3v) is 7.74. The lowest BCUT2D eigenvalue weighted by Crippen LogP contribution is -2.57. The van der Waals surface area contributed by atoms with Crippen molar-refractivity contribution in [3.05, 3.63) is 108 Å². The van der Waals surface area contributed by atoms with Crippen molar-refractivity contribution in [1.82, 2.24) is 4.98 Å². The topological polar surface area (TPSA) is 118 Å². The molecule has 7 nitrogen and oxygen atoms in total. The lowest BCUT2D eigenvalue weighted by atomic mass is 9.91. The van der Waals surface area contributed by atoms with Crippen LogP contribution in [0.1, 0.15) is 28.8 Å². The Hall–Kier alpha value is -4.39. The molecule has 9 heteroatoms. The standard InChI is InChI=1S/C29H22FN3O4S/c30-21-5-1-19(2-6-21)26(36)16-38-28-27(24-10-9-23(34)12-25(24)35)33(29(28)37)22-7-3-18(4-8-22)20-11-17(13-31)14-32-15-20/h1-12,14-15,26-28,34-36H,16H2/t26-,27-,28-/m1/s1. The van der Waals surface area contributed by atoms with E-state index in [-0.39, 0.29) is 23.2 Å². The van der Waals surface area contributed by atoms with E-state index in [1.165, 1.54) is 54.4 Å². The van der Waals surface area contributed by atoms with Crippen molar-refractivity contribution in [3.63, 3.8) is 0 Å². The number of pyridine rings is 1.